The summed E-state index contributed by atoms with van der Waals surface area (Å²) in [6.45, 7) is 0. The summed E-state index contributed by atoms with van der Waals surface area (Å²) in [5.74, 6) is 1.33. The fourth-order valence-corrected chi connectivity index (χ4v) is 1.17. The summed E-state index contributed by atoms with van der Waals surface area (Å²) in [5, 5.41) is 0. The van der Waals surface area contributed by atoms with Crippen LogP contribution in [0.25, 0.3) is 0 Å². The number of benzene rings is 1. The molecule has 0 radical (unpaired) electrons. The molecule has 0 atom stereocenters. The fraction of sp³-hybridized carbons (Fsp3) is 0.100. The van der Waals surface area contributed by atoms with Crippen LogP contribution in [-0.2, 0) is 11.2 Å². The van der Waals surface area contributed by atoms with E-state index < -0.39 is 0 Å². The summed E-state index contributed by atoms with van der Waals surface area (Å²) in [7, 11) is 0. The first-order chi connectivity index (χ1) is 6.40. The summed E-state index contributed by atoms with van der Waals surface area (Å²) < 4.78 is 10.4. The van der Waals surface area contributed by atoms with Crippen LogP contribution in [0.5, 0.6) is 11.5 Å². The smallest absolute Gasteiger partial charge is 0.169 e. The van der Waals surface area contributed by atoms with Crippen molar-refractivity contribution >= 4 is 6.29 Å². The third-order valence-corrected chi connectivity index (χ3v) is 1.77. The molecule has 0 saturated heterocycles. The summed E-state index contributed by atoms with van der Waals surface area (Å²) in [6, 6.07) is 5.43. The zero-order chi connectivity index (χ0) is 9.10. The molecule has 0 spiro atoms. The quantitative estimate of drug-likeness (QED) is 0.643. The highest BCUT2D eigenvalue weighted by Crippen LogP contribution is 2.30. The monoisotopic (exact) mass is 176 g/mol. The minimum atomic E-state index is 0.403. The molecule has 1 aliphatic heterocycles. The van der Waals surface area contributed by atoms with Crippen molar-refractivity contribution in [2.24, 2.45) is 0 Å². The Morgan fingerprint density at radius 1 is 1.15 bits per heavy atom. The van der Waals surface area contributed by atoms with Crippen LogP contribution in [0, 0.1) is 0 Å². The molecule has 0 amide bonds. The molecule has 1 aromatic rings. The van der Waals surface area contributed by atoms with E-state index >= 15 is 0 Å². The maximum atomic E-state index is 10.3. The standard InChI is InChI=1S/C10H8O3/c11-4-3-8-1-2-9-10(7-8)13-6-5-12-9/h1-2,4-7H,3H2. The average Bonchev–Trinajstić information content (AvgIpc) is 2.18. The Hall–Kier alpha value is -1.77. The molecule has 0 bridgehead atoms. The molecule has 0 aromatic heterocycles. The number of hydrogen-bond acceptors (Lipinski definition) is 3. The van der Waals surface area contributed by atoms with Gasteiger partial charge in [0.05, 0.1) is 0 Å². The van der Waals surface area contributed by atoms with Crippen molar-refractivity contribution < 1.29 is 14.3 Å². The molecule has 0 fully saturated rings. The van der Waals surface area contributed by atoms with E-state index in [4.69, 9.17) is 9.47 Å². The van der Waals surface area contributed by atoms with Gasteiger partial charge >= 0.3 is 0 Å². The Kier molecular flexibility index (Phi) is 2.00. The number of fused-ring (bicyclic) bond motifs is 1. The predicted octanol–water partition coefficient (Wildman–Crippen LogP) is 1.67. The van der Waals surface area contributed by atoms with Gasteiger partial charge in [-0.3, -0.25) is 0 Å². The first-order valence-corrected chi connectivity index (χ1v) is 3.95. The van der Waals surface area contributed by atoms with Crippen LogP contribution >= 0.6 is 0 Å². The number of ether oxygens (including phenoxy) is 2. The van der Waals surface area contributed by atoms with Crippen LogP contribution in [0.3, 0.4) is 0 Å². The molecule has 0 unspecified atom stereocenters. The third kappa shape index (κ3) is 1.54. The van der Waals surface area contributed by atoms with E-state index in [2.05, 4.69) is 0 Å². The van der Waals surface area contributed by atoms with Crippen molar-refractivity contribution in [2.45, 2.75) is 6.42 Å². The second kappa shape index (κ2) is 3.31. The number of aldehydes is 1. The van der Waals surface area contributed by atoms with Gasteiger partial charge < -0.3 is 14.3 Å². The van der Waals surface area contributed by atoms with Crippen LogP contribution < -0.4 is 9.47 Å². The second-order valence-electron chi connectivity index (χ2n) is 2.66. The molecular formula is C10H8O3. The maximum Gasteiger partial charge on any atom is 0.169 e. The van der Waals surface area contributed by atoms with Crippen molar-refractivity contribution in [3.05, 3.63) is 36.3 Å². The summed E-state index contributed by atoms with van der Waals surface area (Å²) in [6.07, 6.45) is 4.20. The molecule has 3 heteroatoms. The molecule has 3 nitrogen and oxygen atoms in total. The van der Waals surface area contributed by atoms with Crippen LogP contribution in [0.15, 0.2) is 30.7 Å². The van der Waals surface area contributed by atoms with Gasteiger partial charge in [0.25, 0.3) is 0 Å². The number of carbonyl (C=O) groups excluding carboxylic acids is 1. The third-order valence-electron chi connectivity index (χ3n) is 1.77. The summed E-state index contributed by atoms with van der Waals surface area (Å²) in [4.78, 5) is 10.3. The van der Waals surface area contributed by atoms with Gasteiger partial charge in [0.2, 0.25) is 0 Å². The number of hydrogen-bond donors (Lipinski definition) is 0. The largest absolute Gasteiger partial charge is 0.458 e. The van der Waals surface area contributed by atoms with Gasteiger partial charge in [-0.15, -0.1) is 0 Å². The highest BCUT2D eigenvalue weighted by atomic mass is 16.5. The summed E-state index contributed by atoms with van der Waals surface area (Å²) >= 11 is 0. The zero-order valence-corrected chi connectivity index (χ0v) is 6.90. The molecule has 1 aliphatic rings. The van der Waals surface area contributed by atoms with E-state index in [1.165, 1.54) is 12.5 Å². The second-order valence-corrected chi connectivity index (χ2v) is 2.66. The lowest BCUT2D eigenvalue weighted by Crippen LogP contribution is -1.97. The van der Waals surface area contributed by atoms with Crippen LogP contribution in [0.2, 0.25) is 0 Å². The molecule has 66 valence electrons. The molecule has 0 saturated carbocycles. The van der Waals surface area contributed by atoms with Gasteiger partial charge in [-0.05, 0) is 17.7 Å². The van der Waals surface area contributed by atoms with Crippen LogP contribution in [0.1, 0.15) is 5.56 Å². The highest BCUT2D eigenvalue weighted by molar-refractivity contribution is 5.57. The van der Waals surface area contributed by atoms with Gasteiger partial charge in [0, 0.05) is 6.42 Å². The first-order valence-electron chi connectivity index (χ1n) is 3.95. The van der Waals surface area contributed by atoms with Crippen molar-refractivity contribution in [1.29, 1.82) is 0 Å². The van der Waals surface area contributed by atoms with Gasteiger partial charge in [-0.1, -0.05) is 6.07 Å². The average molecular weight is 176 g/mol. The van der Waals surface area contributed by atoms with Crippen LogP contribution in [-0.4, -0.2) is 6.29 Å². The Bertz CT molecular complexity index is 355. The minimum absolute atomic E-state index is 0.403. The van der Waals surface area contributed by atoms with Crippen molar-refractivity contribution in [2.75, 3.05) is 0 Å². The van der Waals surface area contributed by atoms with Crippen molar-refractivity contribution in [3.8, 4) is 11.5 Å². The molecule has 1 aromatic carbocycles. The maximum absolute atomic E-state index is 10.3. The van der Waals surface area contributed by atoms with Gasteiger partial charge in [0.1, 0.15) is 18.8 Å². The number of carbonyl (C=O) groups is 1. The highest BCUT2D eigenvalue weighted by Gasteiger charge is 2.07. The lowest BCUT2D eigenvalue weighted by Gasteiger charge is -2.12. The van der Waals surface area contributed by atoms with Crippen molar-refractivity contribution in [1.82, 2.24) is 0 Å². The summed E-state index contributed by atoms with van der Waals surface area (Å²) in [5.41, 5.74) is 0.924. The SMILES string of the molecule is O=CCc1ccc2c(c1)OC=CO2. The zero-order valence-electron chi connectivity index (χ0n) is 6.90. The van der Waals surface area contributed by atoms with Crippen molar-refractivity contribution in [3.63, 3.8) is 0 Å². The van der Waals surface area contributed by atoms with E-state index in [0.29, 0.717) is 17.9 Å². The molecular weight excluding hydrogens is 168 g/mol. The van der Waals surface area contributed by atoms with E-state index in [-0.39, 0.29) is 0 Å². The lowest BCUT2D eigenvalue weighted by atomic mass is 10.1. The van der Waals surface area contributed by atoms with E-state index in [0.717, 1.165) is 11.8 Å². The van der Waals surface area contributed by atoms with Gasteiger partial charge in [-0.25, -0.2) is 0 Å². The molecule has 13 heavy (non-hydrogen) atoms. The normalized spacial score (nSPS) is 12.6. The van der Waals surface area contributed by atoms with Gasteiger partial charge in [-0.2, -0.15) is 0 Å². The van der Waals surface area contributed by atoms with E-state index in [9.17, 15) is 4.79 Å². The van der Waals surface area contributed by atoms with E-state index in [1.807, 2.05) is 6.07 Å². The Balaban J connectivity index is 2.32. The Morgan fingerprint density at radius 2 is 1.92 bits per heavy atom. The molecule has 1 heterocycles. The lowest BCUT2D eigenvalue weighted by molar-refractivity contribution is -0.107. The fourth-order valence-electron chi connectivity index (χ4n) is 1.17. The Morgan fingerprint density at radius 3 is 2.69 bits per heavy atom. The number of rotatable bonds is 2. The topological polar surface area (TPSA) is 35.5 Å². The van der Waals surface area contributed by atoms with Gasteiger partial charge in [0.15, 0.2) is 11.5 Å². The first kappa shape index (κ1) is 7.86. The minimum Gasteiger partial charge on any atom is -0.458 e. The predicted molar refractivity (Wildman–Crippen MR) is 46.6 cm³/mol. The molecule has 2 rings (SSSR count). The van der Waals surface area contributed by atoms with Crippen LogP contribution in [0.4, 0.5) is 0 Å². The van der Waals surface area contributed by atoms with E-state index in [1.54, 1.807) is 12.1 Å². The molecule has 0 N–H and O–H groups in total. The Labute approximate surface area is 75.6 Å². The molecule has 0 aliphatic carbocycles.